The second-order valence-electron chi connectivity index (χ2n) is 14.0. The first-order chi connectivity index (χ1) is 21.3. The van der Waals surface area contributed by atoms with E-state index >= 15 is 0 Å². The van der Waals surface area contributed by atoms with Gasteiger partial charge in [-0.1, -0.05) is 67.9 Å². The number of hydrogen-bond donors (Lipinski definition) is 5. The highest BCUT2D eigenvalue weighted by atomic mass is 16.6. The van der Waals surface area contributed by atoms with Crippen LogP contribution in [0.1, 0.15) is 88.5 Å². The van der Waals surface area contributed by atoms with Crippen LogP contribution in [0.3, 0.4) is 0 Å². The van der Waals surface area contributed by atoms with Crippen molar-refractivity contribution in [3.05, 3.63) is 12.7 Å². The number of carbonyl (C=O) groups is 6. The number of amides is 6. The standard InChI is InChI=1S/C33H58N6O7/c1-12-14-23(26(40)29(42)34-16-13-2)36-28(41)25-22(19(3)4)15-17-39(25)30(43)27(33(9,10)11)38-31(44)37-24(20(5)6)18-35-32(45)46-21(7)8/h13,19-25,27H,2,12,14-18H2,1,3-11H3,(H,34,42)(H,35,45)(H,36,41)(H2,37,38,44)/t22-,23?,24-,25+,27-/m1/s1. The summed E-state index contributed by atoms with van der Waals surface area (Å²) in [5, 5.41) is 13.6. The number of nitrogens with one attached hydrogen (secondary N) is 5. The number of hydrogen-bond acceptors (Lipinski definition) is 7. The SMILES string of the molecule is C=CCNC(=O)C(=O)C(CCC)NC(=O)[C@@H]1[C@@H](C(C)C)CCN1C(=O)[C@@H](NC(=O)N[C@H](CNC(=O)OC(C)C)C(C)C)C(C)(C)C. The van der Waals surface area contributed by atoms with Crippen LogP contribution in [0, 0.1) is 23.2 Å². The average molecular weight is 651 g/mol. The van der Waals surface area contributed by atoms with Gasteiger partial charge in [0.25, 0.3) is 5.91 Å². The molecule has 0 radical (unpaired) electrons. The molecular formula is C33H58N6O7. The van der Waals surface area contributed by atoms with Crippen molar-refractivity contribution >= 4 is 35.6 Å². The third kappa shape index (κ3) is 12.3. The highest BCUT2D eigenvalue weighted by Crippen LogP contribution is 2.33. The lowest BCUT2D eigenvalue weighted by Crippen LogP contribution is -2.62. The third-order valence-corrected chi connectivity index (χ3v) is 8.01. The maximum Gasteiger partial charge on any atom is 0.407 e. The summed E-state index contributed by atoms with van der Waals surface area (Å²) in [6, 6.07) is -3.99. The maximum absolute atomic E-state index is 14.2. The fourth-order valence-corrected chi connectivity index (χ4v) is 5.38. The maximum atomic E-state index is 14.2. The highest BCUT2D eigenvalue weighted by Gasteiger charge is 2.47. The van der Waals surface area contributed by atoms with Gasteiger partial charge >= 0.3 is 12.1 Å². The minimum atomic E-state index is -1.05. The van der Waals surface area contributed by atoms with Crippen LogP contribution in [0.5, 0.6) is 0 Å². The highest BCUT2D eigenvalue weighted by molar-refractivity contribution is 6.38. The molecule has 1 saturated heterocycles. The van der Waals surface area contributed by atoms with Gasteiger partial charge in [-0.3, -0.25) is 19.2 Å². The van der Waals surface area contributed by atoms with Gasteiger partial charge in [0.2, 0.25) is 17.6 Å². The molecule has 1 rings (SSSR count). The van der Waals surface area contributed by atoms with E-state index in [1.54, 1.807) is 13.8 Å². The molecule has 0 spiro atoms. The van der Waals surface area contributed by atoms with Crippen molar-refractivity contribution in [3.63, 3.8) is 0 Å². The lowest BCUT2D eigenvalue weighted by atomic mass is 9.84. The molecule has 0 bridgehead atoms. The first-order valence-electron chi connectivity index (χ1n) is 16.4. The summed E-state index contributed by atoms with van der Waals surface area (Å²) in [6.07, 6.45) is 1.93. The van der Waals surface area contributed by atoms with Crippen LogP contribution in [0.4, 0.5) is 9.59 Å². The lowest BCUT2D eigenvalue weighted by Gasteiger charge is -2.37. The molecule has 5 atom stereocenters. The number of alkyl carbamates (subject to hydrolysis) is 1. The molecule has 5 N–H and O–H groups in total. The molecule has 46 heavy (non-hydrogen) atoms. The van der Waals surface area contributed by atoms with Crippen LogP contribution < -0.4 is 26.6 Å². The van der Waals surface area contributed by atoms with Gasteiger partial charge in [-0.15, -0.1) is 6.58 Å². The number of urea groups is 1. The summed E-state index contributed by atoms with van der Waals surface area (Å²) in [7, 11) is 0. The summed E-state index contributed by atoms with van der Waals surface area (Å²) in [4.78, 5) is 80.2. The molecule has 1 fully saturated rings. The number of Topliss-reactive ketones (excluding diaryl/α,β-unsaturated/α-hetero) is 1. The molecule has 13 nitrogen and oxygen atoms in total. The second-order valence-corrected chi connectivity index (χ2v) is 14.0. The van der Waals surface area contributed by atoms with E-state index in [9.17, 15) is 28.8 Å². The minimum absolute atomic E-state index is 0.0378. The zero-order valence-corrected chi connectivity index (χ0v) is 29.5. The average Bonchev–Trinajstić information content (AvgIpc) is 3.40. The van der Waals surface area contributed by atoms with Crippen LogP contribution in [-0.4, -0.2) is 90.4 Å². The Balaban J connectivity index is 3.22. The smallest absolute Gasteiger partial charge is 0.407 e. The quantitative estimate of drug-likeness (QED) is 0.126. The molecule has 6 amide bonds. The zero-order valence-electron chi connectivity index (χ0n) is 29.5. The topological polar surface area (TPSA) is 175 Å². The molecule has 1 unspecified atom stereocenters. The fraction of sp³-hybridized carbons (Fsp3) is 0.758. The number of carbonyl (C=O) groups excluding carboxylic acids is 6. The van der Waals surface area contributed by atoms with Gasteiger partial charge in [0.15, 0.2) is 0 Å². The molecule has 1 heterocycles. The molecule has 0 aliphatic carbocycles. The van der Waals surface area contributed by atoms with E-state index in [-0.39, 0.29) is 43.4 Å². The van der Waals surface area contributed by atoms with E-state index in [2.05, 4.69) is 33.2 Å². The van der Waals surface area contributed by atoms with Gasteiger partial charge in [-0.25, -0.2) is 9.59 Å². The van der Waals surface area contributed by atoms with E-state index in [1.807, 2.05) is 55.4 Å². The Hall–Kier alpha value is -3.64. The normalized spacial score (nSPS) is 18.4. The van der Waals surface area contributed by atoms with Gasteiger partial charge in [-0.2, -0.15) is 0 Å². The Bertz CT molecular complexity index is 1080. The van der Waals surface area contributed by atoms with Crippen molar-refractivity contribution in [2.45, 2.75) is 119 Å². The summed E-state index contributed by atoms with van der Waals surface area (Å²) < 4.78 is 5.11. The van der Waals surface area contributed by atoms with Crippen LogP contribution in [0.25, 0.3) is 0 Å². The molecule has 262 valence electrons. The fourth-order valence-electron chi connectivity index (χ4n) is 5.38. The van der Waals surface area contributed by atoms with E-state index in [4.69, 9.17) is 4.74 Å². The number of rotatable bonds is 16. The molecule has 0 aromatic heterocycles. The van der Waals surface area contributed by atoms with E-state index in [1.165, 1.54) is 11.0 Å². The first kappa shape index (κ1) is 40.4. The largest absolute Gasteiger partial charge is 0.447 e. The molecule has 1 aliphatic rings. The van der Waals surface area contributed by atoms with Gasteiger partial charge < -0.3 is 36.2 Å². The summed E-state index contributed by atoms with van der Waals surface area (Å²) in [6.45, 7) is 22.6. The van der Waals surface area contributed by atoms with Crippen molar-refractivity contribution in [3.8, 4) is 0 Å². The predicted octanol–water partition coefficient (Wildman–Crippen LogP) is 2.89. The van der Waals surface area contributed by atoms with E-state index in [0.717, 1.165) is 0 Å². The zero-order chi connectivity index (χ0) is 35.4. The number of ketones is 1. The molecule has 0 aromatic carbocycles. The predicted molar refractivity (Wildman–Crippen MR) is 177 cm³/mol. The van der Waals surface area contributed by atoms with Gasteiger partial charge in [0.1, 0.15) is 12.1 Å². The Kier molecular flexibility index (Phi) is 16.2. The van der Waals surface area contributed by atoms with Crippen molar-refractivity contribution in [2.75, 3.05) is 19.6 Å². The van der Waals surface area contributed by atoms with Gasteiger partial charge in [0, 0.05) is 19.6 Å². The van der Waals surface area contributed by atoms with Crippen LogP contribution >= 0.6 is 0 Å². The summed E-state index contributed by atoms with van der Waals surface area (Å²) >= 11 is 0. The second kappa shape index (κ2) is 18.5. The lowest BCUT2D eigenvalue weighted by molar-refractivity contribution is -0.144. The summed E-state index contributed by atoms with van der Waals surface area (Å²) in [5.74, 6) is -2.72. The Morgan fingerprint density at radius 1 is 0.957 bits per heavy atom. The first-order valence-corrected chi connectivity index (χ1v) is 16.4. The van der Waals surface area contributed by atoms with Crippen LogP contribution in [-0.2, 0) is 23.9 Å². The molecule has 1 aliphatic heterocycles. The van der Waals surface area contributed by atoms with Crippen LogP contribution in [0.15, 0.2) is 12.7 Å². The molecular weight excluding hydrogens is 592 g/mol. The monoisotopic (exact) mass is 650 g/mol. The van der Waals surface area contributed by atoms with Gasteiger partial charge in [-0.05, 0) is 49.9 Å². The van der Waals surface area contributed by atoms with Crippen molar-refractivity contribution in [1.29, 1.82) is 0 Å². The Morgan fingerprint density at radius 2 is 1.59 bits per heavy atom. The Morgan fingerprint density at radius 3 is 2.09 bits per heavy atom. The third-order valence-electron chi connectivity index (χ3n) is 8.01. The Labute approximate surface area is 274 Å². The van der Waals surface area contributed by atoms with Crippen LogP contribution in [0.2, 0.25) is 0 Å². The summed E-state index contributed by atoms with van der Waals surface area (Å²) in [5.41, 5.74) is -0.734. The molecule has 13 heteroatoms. The molecule has 0 aromatic rings. The minimum Gasteiger partial charge on any atom is -0.447 e. The van der Waals surface area contributed by atoms with E-state index < -0.39 is 65.2 Å². The van der Waals surface area contributed by atoms with E-state index in [0.29, 0.717) is 19.4 Å². The molecule has 0 saturated carbocycles. The number of ether oxygens (including phenoxy) is 1. The van der Waals surface area contributed by atoms with Crippen molar-refractivity contribution in [1.82, 2.24) is 31.5 Å². The van der Waals surface area contributed by atoms with Gasteiger partial charge in [0.05, 0.1) is 18.2 Å². The van der Waals surface area contributed by atoms with Crippen molar-refractivity contribution < 1.29 is 33.5 Å². The number of likely N-dealkylation sites (tertiary alicyclic amines) is 1. The number of nitrogens with zero attached hydrogens (tertiary/aromatic N) is 1. The van der Waals surface area contributed by atoms with Crippen molar-refractivity contribution in [2.24, 2.45) is 23.2 Å².